The van der Waals surface area contributed by atoms with Crippen LogP contribution in [0.5, 0.6) is 0 Å². The second kappa shape index (κ2) is 8.76. The number of hydrogen-bond acceptors (Lipinski definition) is 2. The van der Waals surface area contributed by atoms with E-state index in [2.05, 4.69) is 22.4 Å². The molecule has 0 saturated carbocycles. The summed E-state index contributed by atoms with van der Waals surface area (Å²) in [5.74, 6) is -1.44. The highest BCUT2D eigenvalue weighted by Gasteiger charge is 2.30. The van der Waals surface area contributed by atoms with E-state index < -0.39 is 17.8 Å². The van der Waals surface area contributed by atoms with Gasteiger partial charge in [-0.25, -0.2) is 4.39 Å². The van der Waals surface area contributed by atoms with Crippen LogP contribution in [0.1, 0.15) is 36.2 Å². The fourth-order valence-electron chi connectivity index (χ4n) is 4.03. The van der Waals surface area contributed by atoms with Gasteiger partial charge in [-0.15, -0.1) is 0 Å². The summed E-state index contributed by atoms with van der Waals surface area (Å²) < 4.78 is 14.0. The Hall–Kier alpha value is -3.41. The molecule has 0 unspecified atom stereocenters. The molecule has 160 valence electrons. The van der Waals surface area contributed by atoms with Crippen molar-refractivity contribution in [2.75, 3.05) is 13.1 Å². The van der Waals surface area contributed by atoms with E-state index in [1.165, 1.54) is 29.2 Å². The zero-order chi connectivity index (χ0) is 22.0. The molecule has 2 amide bonds. The SMILES string of the molecule is CC(C)[C@@H](NC(=O)c1ccccc1F)C(=O)N1CC=C(c2c[nH]c3ccccc23)CC1. The van der Waals surface area contributed by atoms with Crippen LogP contribution >= 0.6 is 0 Å². The molecule has 1 aliphatic heterocycles. The fourth-order valence-corrected chi connectivity index (χ4v) is 4.03. The van der Waals surface area contributed by atoms with Crippen LogP contribution in [-0.2, 0) is 4.79 Å². The number of aromatic amines is 1. The summed E-state index contributed by atoms with van der Waals surface area (Å²) in [4.78, 5) is 30.8. The molecular formula is C25H26FN3O2. The molecule has 31 heavy (non-hydrogen) atoms. The van der Waals surface area contributed by atoms with E-state index in [9.17, 15) is 14.0 Å². The van der Waals surface area contributed by atoms with Crippen LogP contribution in [-0.4, -0.2) is 40.8 Å². The van der Waals surface area contributed by atoms with Gasteiger partial charge in [0, 0.05) is 35.8 Å². The summed E-state index contributed by atoms with van der Waals surface area (Å²) in [7, 11) is 0. The summed E-state index contributed by atoms with van der Waals surface area (Å²) in [5.41, 5.74) is 3.41. The van der Waals surface area contributed by atoms with Crippen LogP contribution in [0.2, 0.25) is 0 Å². The highest BCUT2D eigenvalue weighted by Crippen LogP contribution is 2.29. The molecule has 0 spiro atoms. The predicted molar refractivity (Wildman–Crippen MR) is 120 cm³/mol. The Balaban J connectivity index is 1.48. The minimum atomic E-state index is -0.713. The standard InChI is InChI=1S/C25H26FN3O2/c1-16(2)23(28-24(30)19-8-3-5-9-21(19)26)25(31)29-13-11-17(12-14-29)20-15-27-22-10-6-4-7-18(20)22/h3-11,15-16,23,27H,12-14H2,1-2H3,(H,28,30)/t23-/m1/s1. The molecule has 3 aromatic rings. The Bertz CT molecular complexity index is 1150. The van der Waals surface area contributed by atoms with E-state index in [-0.39, 0.29) is 17.4 Å². The Kier molecular flexibility index (Phi) is 5.89. The lowest BCUT2D eigenvalue weighted by atomic mass is 9.97. The van der Waals surface area contributed by atoms with E-state index in [1.54, 1.807) is 11.0 Å². The molecule has 2 heterocycles. The number of aromatic nitrogens is 1. The van der Waals surface area contributed by atoms with Gasteiger partial charge in [0.05, 0.1) is 5.56 Å². The van der Waals surface area contributed by atoms with Crippen molar-refractivity contribution < 1.29 is 14.0 Å². The van der Waals surface area contributed by atoms with Gasteiger partial charge in [0.2, 0.25) is 5.91 Å². The van der Waals surface area contributed by atoms with Gasteiger partial charge in [0.1, 0.15) is 11.9 Å². The Morgan fingerprint density at radius 1 is 1.10 bits per heavy atom. The Labute approximate surface area is 180 Å². The van der Waals surface area contributed by atoms with E-state index in [4.69, 9.17) is 0 Å². The van der Waals surface area contributed by atoms with Crippen molar-refractivity contribution in [3.63, 3.8) is 0 Å². The van der Waals surface area contributed by atoms with Gasteiger partial charge in [-0.05, 0) is 36.1 Å². The average molecular weight is 420 g/mol. The largest absolute Gasteiger partial charge is 0.361 e. The quantitative estimate of drug-likeness (QED) is 0.645. The molecular weight excluding hydrogens is 393 g/mol. The molecule has 0 radical (unpaired) electrons. The summed E-state index contributed by atoms with van der Waals surface area (Å²) in [5, 5.41) is 3.91. The Morgan fingerprint density at radius 3 is 2.55 bits per heavy atom. The number of hydrogen-bond donors (Lipinski definition) is 2. The second-order valence-electron chi connectivity index (χ2n) is 8.19. The number of halogens is 1. The zero-order valence-corrected chi connectivity index (χ0v) is 17.7. The third-order valence-corrected chi connectivity index (χ3v) is 5.79. The van der Waals surface area contributed by atoms with Gasteiger partial charge in [-0.1, -0.05) is 50.3 Å². The second-order valence-corrected chi connectivity index (χ2v) is 8.19. The van der Waals surface area contributed by atoms with Crippen LogP contribution in [0.3, 0.4) is 0 Å². The van der Waals surface area contributed by atoms with E-state index in [0.717, 1.165) is 17.5 Å². The minimum absolute atomic E-state index is 0.0545. The van der Waals surface area contributed by atoms with Crippen molar-refractivity contribution in [3.05, 3.63) is 77.7 Å². The highest BCUT2D eigenvalue weighted by molar-refractivity contribution is 5.98. The van der Waals surface area contributed by atoms with Crippen LogP contribution in [0.4, 0.5) is 4.39 Å². The number of benzene rings is 2. The van der Waals surface area contributed by atoms with Crippen molar-refractivity contribution >= 4 is 28.3 Å². The molecule has 0 aliphatic carbocycles. The van der Waals surface area contributed by atoms with E-state index in [1.807, 2.05) is 38.2 Å². The maximum absolute atomic E-state index is 14.0. The van der Waals surface area contributed by atoms with E-state index >= 15 is 0 Å². The maximum Gasteiger partial charge on any atom is 0.254 e. The molecule has 0 bridgehead atoms. The van der Waals surface area contributed by atoms with Gasteiger partial charge in [0.15, 0.2) is 0 Å². The number of para-hydroxylation sites is 1. The molecule has 5 nitrogen and oxygen atoms in total. The van der Waals surface area contributed by atoms with E-state index in [0.29, 0.717) is 13.1 Å². The normalized spacial score (nSPS) is 15.1. The molecule has 0 fully saturated rings. The lowest BCUT2D eigenvalue weighted by Gasteiger charge is -2.32. The molecule has 2 N–H and O–H groups in total. The molecule has 4 rings (SSSR count). The molecule has 0 saturated heterocycles. The number of fused-ring (bicyclic) bond motifs is 1. The number of carbonyl (C=O) groups excluding carboxylic acids is 2. The summed E-state index contributed by atoms with van der Waals surface area (Å²) in [6, 6.07) is 13.2. The van der Waals surface area contributed by atoms with Crippen LogP contribution in [0, 0.1) is 11.7 Å². The summed E-state index contributed by atoms with van der Waals surface area (Å²) in [6.07, 6.45) is 4.83. The van der Waals surface area contributed by atoms with Crippen LogP contribution in [0.25, 0.3) is 16.5 Å². The number of rotatable bonds is 5. The molecule has 1 aromatic heterocycles. The first-order valence-corrected chi connectivity index (χ1v) is 10.6. The van der Waals surface area contributed by atoms with Gasteiger partial charge in [-0.3, -0.25) is 9.59 Å². The van der Waals surface area contributed by atoms with Gasteiger partial charge < -0.3 is 15.2 Å². The maximum atomic E-state index is 14.0. The summed E-state index contributed by atoms with van der Waals surface area (Å²) >= 11 is 0. The first kappa shape index (κ1) is 20.8. The summed E-state index contributed by atoms with van der Waals surface area (Å²) in [6.45, 7) is 4.80. The first-order chi connectivity index (χ1) is 15.0. The molecule has 1 aliphatic rings. The van der Waals surface area contributed by atoms with Gasteiger partial charge in [-0.2, -0.15) is 0 Å². The van der Waals surface area contributed by atoms with Gasteiger partial charge >= 0.3 is 0 Å². The Morgan fingerprint density at radius 2 is 1.84 bits per heavy atom. The molecule has 1 atom stereocenters. The number of nitrogens with one attached hydrogen (secondary N) is 2. The first-order valence-electron chi connectivity index (χ1n) is 10.6. The number of carbonyl (C=O) groups is 2. The number of amides is 2. The van der Waals surface area contributed by atoms with Crippen molar-refractivity contribution in [3.8, 4) is 0 Å². The lowest BCUT2D eigenvalue weighted by molar-refractivity contribution is -0.133. The third-order valence-electron chi connectivity index (χ3n) is 5.79. The number of H-pyrrole nitrogens is 1. The lowest BCUT2D eigenvalue weighted by Crippen LogP contribution is -2.52. The van der Waals surface area contributed by atoms with Crippen molar-refractivity contribution in [2.45, 2.75) is 26.3 Å². The highest BCUT2D eigenvalue weighted by atomic mass is 19.1. The van der Waals surface area contributed by atoms with Crippen molar-refractivity contribution in [1.82, 2.24) is 15.2 Å². The topological polar surface area (TPSA) is 65.2 Å². The average Bonchev–Trinajstić information content (AvgIpc) is 3.21. The van der Waals surface area contributed by atoms with Crippen LogP contribution < -0.4 is 5.32 Å². The van der Waals surface area contributed by atoms with Gasteiger partial charge in [0.25, 0.3) is 5.91 Å². The zero-order valence-electron chi connectivity index (χ0n) is 17.7. The van der Waals surface area contributed by atoms with Crippen molar-refractivity contribution in [1.29, 1.82) is 0 Å². The van der Waals surface area contributed by atoms with Crippen molar-refractivity contribution in [2.24, 2.45) is 5.92 Å². The van der Waals surface area contributed by atoms with Crippen LogP contribution in [0.15, 0.2) is 60.8 Å². The fraction of sp³-hybridized carbons (Fsp3) is 0.280. The predicted octanol–water partition coefficient (Wildman–Crippen LogP) is 4.38. The third kappa shape index (κ3) is 4.24. The molecule has 6 heteroatoms. The molecule has 2 aromatic carbocycles. The monoisotopic (exact) mass is 419 g/mol. The smallest absolute Gasteiger partial charge is 0.254 e. The minimum Gasteiger partial charge on any atom is -0.361 e. The number of nitrogens with zero attached hydrogens (tertiary/aromatic N) is 1.